The zero-order valence-corrected chi connectivity index (χ0v) is 9.98. The van der Waals surface area contributed by atoms with Crippen LogP contribution in [0.25, 0.3) is 0 Å². The molecule has 0 radical (unpaired) electrons. The number of non-ortho nitro benzene ring substituents is 1. The number of hydrogen-bond donors (Lipinski definition) is 1. The summed E-state index contributed by atoms with van der Waals surface area (Å²) < 4.78 is 0. The Morgan fingerprint density at radius 2 is 1.74 bits per heavy atom. The van der Waals surface area contributed by atoms with Crippen molar-refractivity contribution < 1.29 is 4.92 Å². The van der Waals surface area contributed by atoms with Gasteiger partial charge in [0.05, 0.1) is 11.0 Å². The van der Waals surface area contributed by atoms with Gasteiger partial charge >= 0.3 is 0 Å². The predicted octanol–water partition coefficient (Wildman–Crippen LogP) is 3.27. The van der Waals surface area contributed by atoms with Crippen LogP contribution in [-0.4, -0.2) is 4.92 Å². The molecule has 19 heavy (non-hydrogen) atoms. The van der Waals surface area contributed by atoms with Crippen molar-refractivity contribution in [2.45, 2.75) is 6.04 Å². The van der Waals surface area contributed by atoms with E-state index in [1.807, 2.05) is 30.3 Å². The second kappa shape index (κ2) is 5.65. The molecule has 0 aliphatic heterocycles. The van der Waals surface area contributed by atoms with Crippen LogP contribution in [0.5, 0.6) is 0 Å². The van der Waals surface area contributed by atoms with E-state index in [9.17, 15) is 15.4 Å². The number of nitrogens with one attached hydrogen (secondary N) is 1. The number of benzene rings is 2. The first-order valence-electron chi connectivity index (χ1n) is 5.66. The van der Waals surface area contributed by atoms with Crippen molar-refractivity contribution in [3.05, 3.63) is 70.3 Å². The van der Waals surface area contributed by atoms with Crippen molar-refractivity contribution in [2.75, 3.05) is 5.32 Å². The van der Waals surface area contributed by atoms with Gasteiger partial charge in [0.2, 0.25) is 0 Å². The Morgan fingerprint density at radius 1 is 1.11 bits per heavy atom. The molecule has 0 fully saturated rings. The number of rotatable bonds is 4. The third kappa shape index (κ3) is 3.07. The van der Waals surface area contributed by atoms with E-state index in [1.165, 1.54) is 12.1 Å². The van der Waals surface area contributed by atoms with E-state index < -0.39 is 11.0 Å². The Bertz CT molecular complexity index is 603. The number of para-hydroxylation sites is 1. The lowest BCUT2D eigenvalue weighted by Gasteiger charge is -2.12. The molecule has 0 bridgehead atoms. The highest BCUT2D eigenvalue weighted by Gasteiger charge is 2.12. The molecule has 1 atom stereocenters. The highest BCUT2D eigenvalue weighted by molar-refractivity contribution is 5.48. The smallest absolute Gasteiger partial charge is 0.269 e. The lowest BCUT2D eigenvalue weighted by atomic mass is 10.1. The molecule has 0 saturated carbocycles. The maximum absolute atomic E-state index is 10.6. The maximum Gasteiger partial charge on any atom is 0.269 e. The van der Waals surface area contributed by atoms with Crippen LogP contribution in [0, 0.1) is 21.4 Å². The molecule has 0 amide bonds. The van der Waals surface area contributed by atoms with Crippen molar-refractivity contribution in [1.82, 2.24) is 0 Å². The lowest BCUT2D eigenvalue weighted by Crippen LogP contribution is -2.08. The van der Waals surface area contributed by atoms with Gasteiger partial charge in [0.15, 0.2) is 0 Å². The van der Waals surface area contributed by atoms with Gasteiger partial charge in [-0.2, -0.15) is 5.26 Å². The summed E-state index contributed by atoms with van der Waals surface area (Å²) >= 11 is 0. The molecule has 0 saturated heterocycles. The van der Waals surface area contributed by atoms with E-state index in [-0.39, 0.29) is 5.69 Å². The molecule has 1 N–H and O–H groups in total. The van der Waals surface area contributed by atoms with E-state index >= 15 is 0 Å². The van der Waals surface area contributed by atoms with Gasteiger partial charge in [-0.3, -0.25) is 10.1 Å². The summed E-state index contributed by atoms with van der Waals surface area (Å²) in [6, 6.07) is 16.9. The van der Waals surface area contributed by atoms with E-state index in [4.69, 9.17) is 0 Å². The highest BCUT2D eigenvalue weighted by atomic mass is 16.6. The van der Waals surface area contributed by atoms with E-state index in [0.717, 1.165) is 5.69 Å². The van der Waals surface area contributed by atoms with Gasteiger partial charge in [0.1, 0.15) is 6.04 Å². The minimum absolute atomic E-state index is 0.0140. The van der Waals surface area contributed by atoms with Crippen LogP contribution in [0.4, 0.5) is 11.4 Å². The lowest BCUT2D eigenvalue weighted by molar-refractivity contribution is -0.384. The minimum Gasteiger partial charge on any atom is -0.366 e. The van der Waals surface area contributed by atoms with Gasteiger partial charge in [0.25, 0.3) is 5.69 Å². The number of nitrogens with zero attached hydrogens (tertiary/aromatic N) is 2. The molecule has 5 heteroatoms. The quantitative estimate of drug-likeness (QED) is 0.669. The molecular weight excluding hydrogens is 242 g/mol. The van der Waals surface area contributed by atoms with Crippen LogP contribution < -0.4 is 5.32 Å². The topological polar surface area (TPSA) is 79.0 Å². The Morgan fingerprint density at radius 3 is 2.26 bits per heavy atom. The normalized spacial score (nSPS) is 11.3. The Hall–Kier alpha value is -2.87. The predicted molar refractivity (Wildman–Crippen MR) is 71.5 cm³/mol. The minimum atomic E-state index is -0.539. The van der Waals surface area contributed by atoms with Gasteiger partial charge in [-0.15, -0.1) is 0 Å². The number of hydrogen-bond acceptors (Lipinski definition) is 4. The summed E-state index contributed by atoms with van der Waals surface area (Å²) in [5.41, 5.74) is 1.53. The average molecular weight is 253 g/mol. The van der Waals surface area contributed by atoms with Crippen LogP contribution >= 0.6 is 0 Å². The van der Waals surface area contributed by atoms with Gasteiger partial charge in [-0.25, -0.2) is 0 Å². The summed E-state index contributed by atoms with van der Waals surface area (Å²) in [7, 11) is 0. The zero-order valence-electron chi connectivity index (χ0n) is 9.98. The number of nitro groups is 1. The second-order valence-corrected chi connectivity index (χ2v) is 3.92. The van der Waals surface area contributed by atoms with E-state index in [1.54, 1.807) is 12.1 Å². The van der Waals surface area contributed by atoms with Crippen LogP contribution in [0.3, 0.4) is 0 Å². The van der Waals surface area contributed by atoms with Gasteiger partial charge < -0.3 is 5.32 Å². The number of anilines is 1. The first-order valence-corrected chi connectivity index (χ1v) is 5.66. The summed E-state index contributed by atoms with van der Waals surface area (Å²) in [4.78, 5) is 10.1. The first-order chi connectivity index (χ1) is 9.20. The molecule has 0 aliphatic carbocycles. The van der Waals surface area contributed by atoms with Crippen LogP contribution in [0.15, 0.2) is 54.6 Å². The second-order valence-electron chi connectivity index (χ2n) is 3.92. The fraction of sp³-hybridized carbons (Fsp3) is 0.0714. The summed E-state index contributed by atoms with van der Waals surface area (Å²) in [6.07, 6.45) is 0. The zero-order chi connectivity index (χ0) is 13.7. The summed E-state index contributed by atoms with van der Waals surface area (Å²) in [6.45, 7) is 0. The molecule has 2 rings (SSSR count). The van der Waals surface area contributed by atoms with Crippen molar-refractivity contribution in [1.29, 1.82) is 5.26 Å². The summed E-state index contributed by atoms with van der Waals surface area (Å²) in [5.74, 6) is 0. The largest absolute Gasteiger partial charge is 0.366 e. The maximum atomic E-state index is 10.6. The molecule has 2 aromatic carbocycles. The van der Waals surface area contributed by atoms with Gasteiger partial charge in [-0.1, -0.05) is 18.2 Å². The Balaban J connectivity index is 2.18. The van der Waals surface area contributed by atoms with Crippen LogP contribution in [0.1, 0.15) is 11.6 Å². The molecule has 2 aromatic rings. The third-order valence-electron chi connectivity index (χ3n) is 2.65. The third-order valence-corrected chi connectivity index (χ3v) is 2.65. The molecule has 0 spiro atoms. The van der Waals surface area contributed by atoms with Gasteiger partial charge in [-0.05, 0) is 29.8 Å². The molecule has 94 valence electrons. The Kier molecular flexibility index (Phi) is 3.74. The van der Waals surface area contributed by atoms with Crippen LogP contribution in [-0.2, 0) is 0 Å². The first kappa shape index (κ1) is 12.6. The molecule has 5 nitrogen and oxygen atoms in total. The van der Waals surface area contributed by atoms with Crippen molar-refractivity contribution in [2.24, 2.45) is 0 Å². The SMILES string of the molecule is N#CC(Nc1ccccc1)c1ccc([N+](=O)[O-])cc1. The molecular formula is C14H11N3O2. The Labute approximate surface area is 110 Å². The molecule has 0 aromatic heterocycles. The van der Waals surface area contributed by atoms with Crippen molar-refractivity contribution in [3.63, 3.8) is 0 Å². The monoisotopic (exact) mass is 253 g/mol. The fourth-order valence-electron chi connectivity index (χ4n) is 1.68. The number of nitriles is 1. The van der Waals surface area contributed by atoms with Crippen LogP contribution in [0.2, 0.25) is 0 Å². The molecule has 0 heterocycles. The molecule has 0 aliphatic rings. The van der Waals surface area contributed by atoms with Gasteiger partial charge in [0, 0.05) is 17.8 Å². The summed E-state index contributed by atoms with van der Waals surface area (Å²) in [5, 5.41) is 22.8. The fourth-order valence-corrected chi connectivity index (χ4v) is 1.68. The van der Waals surface area contributed by atoms with E-state index in [2.05, 4.69) is 11.4 Å². The highest BCUT2D eigenvalue weighted by Crippen LogP contribution is 2.21. The van der Waals surface area contributed by atoms with E-state index in [0.29, 0.717) is 5.56 Å². The number of nitro benzene ring substituents is 1. The average Bonchev–Trinajstić information content (AvgIpc) is 2.46. The molecule has 1 unspecified atom stereocenters. The van der Waals surface area contributed by atoms with Crippen molar-refractivity contribution in [3.8, 4) is 6.07 Å². The standard InChI is InChI=1S/C14H11N3O2/c15-10-14(16-12-4-2-1-3-5-12)11-6-8-13(9-7-11)17(18)19/h1-9,14,16H. The van der Waals surface area contributed by atoms with Crippen molar-refractivity contribution >= 4 is 11.4 Å².